The van der Waals surface area contributed by atoms with E-state index >= 15 is 0 Å². The molecule has 0 radical (unpaired) electrons. The Kier molecular flexibility index (Phi) is 5.88. The van der Waals surface area contributed by atoms with Gasteiger partial charge < -0.3 is 14.8 Å². The van der Waals surface area contributed by atoms with Crippen molar-refractivity contribution in [2.45, 2.75) is 25.4 Å². The first-order valence-corrected chi connectivity index (χ1v) is 11.2. The average Bonchev–Trinajstić information content (AvgIpc) is 3.32. The molecule has 0 aliphatic carbocycles. The Labute approximate surface area is 192 Å². The fourth-order valence-electron chi connectivity index (χ4n) is 4.55. The number of carbonyl (C=O) groups excluding carboxylic acids is 1. The van der Waals surface area contributed by atoms with E-state index in [2.05, 4.69) is 33.2 Å². The topological polar surface area (TPSA) is 65.1 Å². The minimum Gasteiger partial charge on any atom is -0.361 e. The van der Waals surface area contributed by atoms with Crippen LogP contribution >= 0.6 is 0 Å². The molecule has 0 bridgehead atoms. The maximum absolute atomic E-state index is 15.0. The van der Waals surface area contributed by atoms with Crippen LogP contribution in [0.15, 0.2) is 67.1 Å². The van der Waals surface area contributed by atoms with Gasteiger partial charge in [0.2, 0.25) is 0 Å². The highest BCUT2D eigenvalue weighted by Gasteiger charge is 2.29. The van der Waals surface area contributed by atoms with Crippen LogP contribution in [0, 0.1) is 5.82 Å². The standard InChI is InChI=1S/C26H26FN5O/c1-31-12-8-23(9-13-31)32(26(33)21-7-11-29-30-16-21)17-22-15-18(2-4-24(22)27)19-3-5-25-20(14-19)6-10-28-25/h2-7,10-11,14-16,23,28H,8-9,12-13,17H2,1H3. The number of rotatable bonds is 5. The number of nitrogens with zero attached hydrogens (tertiary/aromatic N) is 4. The molecule has 2 aromatic carbocycles. The van der Waals surface area contributed by atoms with Crippen LogP contribution in [0.2, 0.25) is 0 Å². The summed E-state index contributed by atoms with van der Waals surface area (Å²) in [7, 11) is 2.08. The number of aromatic nitrogens is 3. The van der Waals surface area contributed by atoms with Crippen molar-refractivity contribution in [2.75, 3.05) is 20.1 Å². The zero-order chi connectivity index (χ0) is 22.8. The van der Waals surface area contributed by atoms with Crippen LogP contribution in [-0.4, -0.2) is 57.1 Å². The minimum absolute atomic E-state index is 0.0427. The molecule has 0 atom stereocenters. The van der Waals surface area contributed by atoms with Gasteiger partial charge >= 0.3 is 0 Å². The van der Waals surface area contributed by atoms with E-state index in [9.17, 15) is 9.18 Å². The molecular formula is C26H26FN5O. The first-order chi connectivity index (χ1) is 16.1. The smallest absolute Gasteiger partial charge is 0.256 e. The highest BCUT2D eigenvalue weighted by molar-refractivity contribution is 5.94. The minimum atomic E-state index is -0.306. The fraction of sp³-hybridized carbons (Fsp3) is 0.269. The summed E-state index contributed by atoms with van der Waals surface area (Å²) < 4.78 is 15.0. The number of halogens is 1. The second kappa shape index (κ2) is 9.11. The van der Waals surface area contributed by atoms with Crippen molar-refractivity contribution in [3.8, 4) is 11.1 Å². The Bertz CT molecular complexity index is 1260. The van der Waals surface area contributed by atoms with Crippen LogP contribution in [0.25, 0.3) is 22.0 Å². The molecular weight excluding hydrogens is 417 g/mol. The average molecular weight is 444 g/mol. The molecule has 7 heteroatoms. The van der Waals surface area contributed by atoms with E-state index in [1.165, 1.54) is 18.5 Å². The number of hydrogen-bond donors (Lipinski definition) is 1. The van der Waals surface area contributed by atoms with Crippen molar-refractivity contribution >= 4 is 16.8 Å². The molecule has 6 nitrogen and oxygen atoms in total. The molecule has 2 aromatic heterocycles. The molecule has 168 valence electrons. The van der Waals surface area contributed by atoms with Gasteiger partial charge in [-0.3, -0.25) is 4.79 Å². The molecule has 0 spiro atoms. The van der Waals surface area contributed by atoms with Gasteiger partial charge in [0.1, 0.15) is 5.82 Å². The molecule has 33 heavy (non-hydrogen) atoms. The number of carbonyl (C=O) groups is 1. The normalized spacial score (nSPS) is 15.1. The SMILES string of the molecule is CN1CCC(N(Cc2cc(-c3ccc4[nH]ccc4c3)ccc2F)C(=O)c2ccnnc2)CC1. The zero-order valence-corrected chi connectivity index (χ0v) is 18.5. The van der Waals surface area contributed by atoms with Gasteiger partial charge in [-0.25, -0.2) is 4.39 Å². The fourth-order valence-corrected chi connectivity index (χ4v) is 4.55. The summed E-state index contributed by atoms with van der Waals surface area (Å²) in [5.41, 5.74) is 3.98. The first-order valence-electron chi connectivity index (χ1n) is 11.2. The number of hydrogen-bond acceptors (Lipinski definition) is 4. The van der Waals surface area contributed by atoms with Crippen molar-refractivity contribution in [2.24, 2.45) is 0 Å². The van der Waals surface area contributed by atoms with E-state index in [4.69, 9.17) is 0 Å². The van der Waals surface area contributed by atoms with E-state index in [1.807, 2.05) is 35.4 Å². The van der Waals surface area contributed by atoms with Gasteiger partial charge in [0.05, 0.1) is 18.0 Å². The van der Waals surface area contributed by atoms with Crippen molar-refractivity contribution in [3.63, 3.8) is 0 Å². The number of H-pyrrole nitrogens is 1. The molecule has 1 aliphatic heterocycles. The van der Waals surface area contributed by atoms with Gasteiger partial charge in [-0.15, -0.1) is 0 Å². The summed E-state index contributed by atoms with van der Waals surface area (Å²) in [6, 6.07) is 15.0. The monoisotopic (exact) mass is 443 g/mol. The first kappa shape index (κ1) is 21.3. The van der Waals surface area contributed by atoms with Crippen LogP contribution in [-0.2, 0) is 6.54 Å². The van der Waals surface area contributed by atoms with E-state index < -0.39 is 0 Å². The van der Waals surface area contributed by atoms with E-state index in [0.717, 1.165) is 48.0 Å². The number of amides is 1. The van der Waals surface area contributed by atoms with Crippen molar-refractivity contribution in [1.29, 1.82) is 0 Å². The van der Waals surface area contributed by atoms with Crippen molar-refractivity contribution < 1.29 is 9.18 Å². The lowest BCUT2D eigenvalue weighted by molar-refractivity contribution is 0.0566. The van der Waals surface area contributed by atoms with Crippen LogP contribution in [0.4, 0.5) is 4.39 Å². The summed E-state index contributed by atoms with van der Waals surface area (Å²) in [6.45, 7) is 2.02. The summed E-state index contributed by atoms with van der Waals surface area (Å²) in [5.74, 6) is -0.446. The number of nitrogens with one attached hydrogen (secondary N) is 1. The van der Waals surface area contributed by atoms with Crippen LogP contribution in [0.5, 0.6) is 0 Å². The third kappa shape index (κ3) is 4.50. The molecule has 1 aliphatic rings. The number of fused-ring (bicyclic) bond motifs is 1. The molecule has 1 amide bonds. The Balaban J connectivity index is 1.47. The highest BCUT2D eigenvalue weighted by Crippen LogP contribution is 2.28. The lowest BCUT2D eigenvalue weighted by atomic mass is 9.99. The number of likely N-dealkylation sites (tertiary alicyclic amines) is 1. The van der Waals surface area contributed by atoms with Crippen LogP contribution < -0.4 is 0 Å². The highest BCUT2D eigenvalue weighted by atomic mass is 19.1. The Hall–Kier alpha value is -3.58. The molecule has 1 N–H and O–H groups in total. The molecule has 0 unspecified atom stereocenters. The maximum Gasteiger partial charge on any atom is 0.256 e. The summed E-state index contributed by atoms with van der Waals surface area (Å²) >= 11 is 0. The van der Waals surface area contributed by atoms with Crippen molar-refractivity contribution in [3.05, 3.63) is 84.1 Å². The van der Waals surface area contributed by atoms with E-state index in [0.29, 0.717) is 11.1 Å². The molecule has 1 fully saturated rings. The van der Waals surface area contributed by atoms with Gasteiger partial charge in [0.15, 0.2) is 0 Å². The predicted octanol–water partition coefficient (Wildman–Crippen LogP) is 4.50. The predicted molar refractivity (Wildman–Crippen MR) is 126 cm³/mol. The molecule has 0 saturated carbocycles. The lowest BCUT2D eigenvalue weighted by Crippen LogP contribution is -2.46. The summed E-state index contributed by atoms with van der Waals surface area (Å²) in [4.78, 5) is 20.7. The third-order valence-corrected chi connectivity index (χ3v) is 6.49. The van der Waals surface area contributed by atoms with E-state index in [1.54, 1.807) is 12.1 Å². The Morgan fingerprint density at radius 3 is 2.67 bits per heavy atom. The zero-order valence-electron chi connectivity index (χ0n) is 18.5. The quantitative estimate of drug-likeness (QED) is 0.493. The van der Waals surface area contributed by atoms with Gasteiger partial charge in [0.25, 0.3) is 5.91 Å². The summed E-state index contributed by atoms with van der Waals surface area (Å²) in [6.07, 6.45) is 6.60. The summed E-state index contributed by atoms with van der Waals surface area (Å²) in [5, 5.41) is 8.75. The Morgan fingerprint density at radius 2 is 1.88 bits per heavy atom. The van der Waals surface area contributed by atoms with Gasteiger partial charge in [0, 0.05) is 29.9 Å². The molecule has 3 heterocycles. The van der Waals surface area contributed by atoms with Gasteiger partial charge in [-0.05, 0) is 85.9 Å². The lowest BCUT2D eigenvalue weighted by Gasteiger charge is -2.37. The van der Waals surface area contributed by atoms with E-state index in [-0.39, 0.29) is 24.3 Å². The molecule has 5 rings (SSSR count). The molecule has 4 aromatic rings. The number of piperidine rings is 1. The Morgan fingerprint density at radius 1 is 1.09 bits per heavy atom. The number of aromatic amines is 1. The third-order valence-electron chi connectivity index (χ3n) is 6.49. The second-order valence-electron chi connectivity index (χ2n) is 8.68. The number of benzene rings is 2. The van der Waals surface area contributed by atoms with Crippen LogP contribution in [0.3, 0.4) is 0 Å². The maximum atomic E-state index is 15.0. The van der Waals surface area contributed by atoms with Gasteiger partial charge in [-0.1, -0.05) is 12.1 Å². The second-order valence-corrected chi connectivity index (χ2v) is 8.68. The molecule has 1 saturated heterocycles. The van der Waals surface area contributed by atoms with Gasteiger partial charge in [-0.2, -0.15) is 10.2 Å². The van der Waals surface area contributed by atoms with Crippen LogP contribution in [0.1, 0.15) is 28.8 Å². The largest absolute Gasteiger partial charge is 0.361 e. The van der Waals surface area contributed by atoms with Crippen molar-refractivity contribution in [1.82, 2.24) is 25.0 Å².